The van der Waals surface area contributed by atoms with Crippen LogP contribution in [0.3, 0.4) is 0 Å². The average Bonchev–Trinajstić information content (AvgIpc) is 2.15. The van der Waals surface area contributed by atoms with Crippen LogP contribution in [-0.4, -0.2) is 19.6 Å². The highest BCUT2D eigenvalue weighted by Crippen LogP contribution is 1.81. The van der Waals surface area contributed by atoms with Crippen LogP contribution in [0.25, 0.3) is 0 Å². The monoisotopic (exact) mass is 169 g/mol. The summed E-state index contributed by atoms with van der Waals surface area (Å²) in [6, 6.07) is 5.43. The number of alkyl halides is 1. The quantitative estimate of drug-likeness (QED) is 0.277. The minimum atomic E-state index is -0.650. The third-order valence-electron chi connectivity index (χ3n) is 1.33. The molecule has 0 N–H and O–H groups in total. The van der Waals surface area contributed by atoms with Gasteiger partial charge in [-0.15, -0.1) is 0 Å². The third kappa shape index (κ3) is 2.02. The third-order valence-corrected chi connectivity index (χ3v) is 1.33. The molecule has 64 valence electrons. The number of oxime groups is 1. The molecule has 12 heavy (non-hydrogen) atoms. The summed E-state index contributed by atoms with van der Waals surface area (Å²) in [4.78, 5) is 4.48. The first-order valence-electron chi connectivity index (χ1n) is 3.51. The summed E-state index contributed by atoms with van der Waals surface area (Å²) in [5, 5.41) is 3.52. The number of hydrogen-bond acceptors (Lipinski definition) is 2. The van der Waals surface area contributed by atoms with Crippen LogP contribution in [0.15, 0.2) is 35.7 Å². The van der Waals surface area contributed by atoms with Crippen molar-refractivity contribution in [3.8, 4) is 0 Å². The molecule has 0 atom stereocenters. The normalized spacial score (nSPS) is 11.3. The number of halogens is 1. The second kappa shape index (κ2) is 4.43. The predicted molar refractivity (Wildman–Crippen MR) is 42.5 cm³/mol. The van der Waals surface area contributed by atoms with Crippen LogP contribution in [0, 0.1) is 0 Å². The van der Waals surface area contributed by atoms with Crippen LogP contribution in [0.1, 0.15) is 0 Å². The van der Waals surface area contributed by atoms with Gasteiger partial charge in [-0.2, -0.15) is 0 Å². The Balaban J connectivity index is 2.88. The number of aromatic nitrogens is 1. The van der Waals surface area contributed by atoms with Crippen molar-refractivity contribution < 1.29 is 13.8 Å². The fraction of sp³-hybridized carbons (Fsp3) is 0.250. The van der Waals surface area contributed by atoms with Crippen LogP contribution in [-0.2, 0) is 4.84 Å². The second-order valence-electron chi connectivity index (χ2n) is 2.11. The summed E-state index contributed by atoms with van der Waals surface area (Å²) in [7, 11) is 1.39. The van der Waals surface area contributed by atoms with Gasteiger partial charge in [-0.1, -0.05) is 6.07 Å². The van der Waals surface area contributed by atoms with Gasteiger partial charge in [0.15, 0.2) is 11.8 Å². The number of hydrogen-bond donors (Lipinski definition) is 0. The fourth-order valence-corrected chi connectivity index (χ4v) is 0.817. The van der Waals surface area contributed by atoms with Crippen LogP contribution >= 0.6 is 0 Å². The Bertz CT molecular complexity index is 261. The van der Waals surface area contributed by atoms with Crippen molar-refractivity contribution in [2.24, 2.45) is 5.16 Å². The molecule has 0 spiro atoms. The van der Waals surface area contributed by atoms with Crippen LogP contribution < -0.4 is 4.57 Å². The topological polar surface area (TPSA) is 25.5 Å². The second-order valence-corrected chi connectivity index (χ2v) is 2.11. The maximum absolute atomic E-state index is 12.3. The van der Waals surface area contributed by atoms with Crippen LogP contribution in [0.2, 0.25) is 0 Å². The van der Waals surface area contributed by atoms with E-state index in [4.69, 9.17) is 0 Å². The summed E-state index contributed by atoms with van der Waals surface area (Å²) in [5.74, 6) is 0.234. The Morgan fingerprint density at radius 1 is 1.42 bits per heavy atom. The fourth-order valence-electron chi connectivity index (χ4n) is 0.817. The standard InChI is InChI=1S/C8H10FN2O/c1-12-10-8(7-9)11-5-3-2-4-6-11/h2-6H,7H2,1H3/q+1. The zero-order chi connectivity index (χ0) is 8.81. The maximum atomic E-state index is 12.3. The Kier molecular flexibility index (Phi) is 3.19. The highest BCUT2D eigenvalue weighted by Gasteiger charge is 2.11. The summed E-state index contributed by atoms with van der Waals surface area (Å²) in [6.07, 6.45) is 3.41. The molecule has 0 aliphatic rings. The van der Waals surface area contributed by atoms with Crippen molar-refractivity contribution >= 4 is 5.84 Å². The molecule has 0 saturated carbocycles. The molecular weight excluding hydrogens is 159 g/mol. The van der Waals surface area contributed by atoms with Crippen molar-refractivity contribution in [3.63, 3.8) is 0 Å². The van der Waals surface area contributed by atoms with Gasteiger partial charge in [0.2, 0.25) is 0 Å². The number of pyridine rings is 1. The number of nitrogens with zero attached hydrogens (tertiary/aromatic N) is 2. The van der Waals surface area contributed by atoms with Gasteiger partial charge in [-0.05, 0) is 12.1 Å². The van der Waals surface area contributed by atoms with Gasteiger partial charge in [-0.25, -0.2) is 8.96 Å². The first-order valence-corrected chi connectivity index (χ1v) is 3.51. The summed E-state index contributed by atoms with van der Waals surface area (Å²) in [5.41, 5.74) is 0. The molecule has 0 radical (unpaired) electrons. The molecule has 0 saturated heterocycles. The first kappa shape index (κ1) is 8.64. The molecule has 1 aromatic heterocycles. The maximum Gasteiger partial charge on any atom is 0.381 e. The molecule has 1 heterocycles. The molecule has 3 nitrogen and oxygen atoms in total. The van der Waals surface area contributed by atoms with E-state index in [0.717, 1.165) is 0 Å². The van der Waals surface area contributed by atoms with E-state index >= 15 is 0 Å². The summed E-state index contributed by atoms with van der Waals surface area (Å²) >= 11 is 0. The van der Waals surface area contributed by atoms with Crippen molar-refractivity contribution in [1.82, 2.24) is 0 Å². The molecule has 0 bridgehead atoms. The van der Waals surface area contributed by atoms with Gasteiger partial charge in [0.25, 0.3) is 0 Å². The van der Waals surface area contributed by atoms with E-state index < -0.39 is 6.67 Å². The summed E-state index contributed by atoms with van der Waals surface area (Å²) in [6.45, 7) is -0.650. The van der Waals surface area contributed by atoms with E-state index in [2.05, 4.69) is 9.99 Å². The zero-order valence-corrected chi connectivity index (χ0v) is 6.77. The smallest absolute Gasteiger partial charge is 0.302 e. The minimum absolute atomic E-state index is 0.234. The van der Waals surface area contributed by atoms with Crippen LogP contribution in [0.4, 0.5) is 4.39 Å². The lowest BCUT2D eigenvalue weighted by atomic mass is 10.5. The molecule has 0 aromatic carbocycles. The van der Waals surface area contributed by atoms with E-state index in [9.17, 15) is 4.39 Å². The molecule has 1 aromatic rings. The van der Waals surface area contributed by atoms with E-state index in [0.29, 0.717) is 0 Å². The van der Waals surface area contributed by atoms with Gasteiger partial charge in [0, 0.05) is 0 Å². The molecule has 0 aliphatic carbocycles. The van der Waals surface area contributed by atoms with Crippen molar-refractivity contribution in [3.05, 3.63) is 30.6 Å². The van der Waals surface area contributed by atoms with Gasteiger partial charge in [0.05, 0.1) is 12.4 Å². The molecular formula is C8H10FN2O+. The van der Waals surface area contributed by atoms with E-state index in [1.165, 1.54) is 7.11 Å². The number of rotatable bonds is 2. The Hall–Kier alpha value is -1.45. The van der Waals surface area contributed by atoms with Crippen molar-refractivity contribution in [2.75, 3.05) is 13.8 Å². The molecule has 1 rings (SSSR count). The minimum Gasteiger partial charge on any atom is -0.302 e. The van der Waals surface area contributed by atoms with E-state index in [1.54, 1.807) is 29.1 Å². The van der Waals surface area contributed by atoms with Gasteiger partial charge < -0.3 is 4.84 Å². The van der Waals surface area contributed by atoms with Gasteiger partial charge in [0.1, 0.15) is 7.11 Å². The molecule has 4 heteroatoms. The molecule has 0 amide bonds. The zero-order valence-electron chi connectivity index (χ0n) is 6.77. The lowest BCUT2D eigenvalue weighted by molar-refractivity contribution is -0.559. The largest absolute Gasteiger partial charge is 0.381 e. The highest BCUT2D eigenvalue weighted by molar-refractivity contribution is 5.73. The Labute approximate surface area is 70.1 Å². The van der Waals surface area contributed by atoms with Gasteiger partial charge >= 0.3 is 5.84 Å². The van der Waals surface area contributed by atoms with E-state index in [1.807, 2.05) is 6.07 Å². The van der Waals surface area contributed by atoms with Gasteiger partial charge in [-0.3, -0.25) is 0 Å². The Morgan fingerprint density at radius 2 is 2.08 bits per heavy atom. The highest BCUT2D eigenvalue weighted by atomic mass is 19.1. The predicted octanol–water partition coefficient (Wildman–Crippen LogP) is 0.752. The van der Waals surface area contributed by atoms with Crippen molar-refractivity contribution in [1.29, 1.82) is 0 Å². The van der Waals surface area contributed by atoms with E-state index in [-0.39, 0.29) is 5.84 Å². The van der Waals surface area contributed by atoms with Crippen molar-refractivity contribution in [2.45, 2.75) is 0 Å². The molecule has 0 fully saturated rings. The average molecular weight is 169 g/mol. The van der Waals surface area contributed by atoms with Crippen LogP contribution in [0.5, 0.6) is 0 Å². The summed E-state index contributed by atoms with van der Waals surface area (Å²) < 4.78 is 13.9. The molecule has 0 aliphatic heterocycles. The lowest BCUT2D eigenvalue weighted by Gasteiger charge is -1.92. The first-order chi connectivity index (χ1) is 5.88. The lowest BCUT2D eigenvalue weighted by Crippen LogP contribution is -2.43. The SMILES string of the molecule is CON=C(CF)[n+]1ccccc1. The molecule has 0 unspecified atom stereocenters. The Morgan fingerprint density at radius 3 is 2.58 bits per heavy atom.